The van der Waals surface area contributed by atoms with Crippen LogP contribution in [0.15, 0.2) is 12.4 Å². The van der Waals surface area contributed by atoms with E-state index in [1.807, 2.05) is 11.8 Å². The molecule has 0 unspecified atom stereocenters. The lowest BCUT2D eigenvalue weighted by molar-refractivity contribution is 0.0690. The van der Waals surface area contributed by atoms with Crippen LogP contribution in [-0.2, 0) is 0 Å². The lowest BCUT2D eigenvalue weighted by Gasteiger charge is -2.27. The third-order valence-electron chi connectivity index (χ3n) is 2.21. The molecule has 5 nitrogen and oxygen atoms in total. The number of carbonyl (C=O) groups is 1. The molecule has 0 amide bonds. The number of hydrogen-bond donors (Lipinski definition) is 1. The number of carboxylic acids is 1. The fraction of sp³-hybridized carbons (Fsp3) is 0.444. The predicted octanol–water partition coefficient (Wildman–Crippen LogP) is 0.728. The number of carboxylic acid groups (broad SMARTS) is 1. The van der Waals surface area contributed by atoms with Crippen molar-refractivity contribution >= 4 is 23.5 Å². The molecule has 80 valence electrons. The zero-order valence-corrected chi connectivity index (χ0v) is 8.90. The maximum absolute atomic E-state index is 10.7. The van der Waals surface area contributed by atoms with Crippen molar-refractivity contribution in [2.75, 3.05) is 29.5 Å². The van der Waals surface area contributed by atoms with Gasteiger partial charge in [-0.3, -0.25) is 0 Å². The second-order valence-electron chi connectivity index (χ2n) is 3.17. The second kappa shape index (κ2) is 4.48. The van der Waals surface area contributed by atoms with Gasteiger partial charge in [0.15, 0.2) is 5.69 Å². The summed E-state index contributed by atoms with van der Waals surface area (Å²) < 4.78 is 0. The predicted molar refractivity (Wildman–Crippen MR) is 58.5 cm³/mol. The maximum Gasteiger partial charge on any atom is 0.354 e. The van der Waals surface area contributed by atoms with Gasteiger partial charge in [0.1, 0.15) is 12.1 Å². The molecule has 0 saturated carbocycles. The first-order chi connectivity index (χ1) is 7.27. The van der Waals surface area contributed by atoms with E-state index in [1.165, 1.54) is 12.4 Å². The second-order valence-corrected chi connectivity index (χ2v) is 4.39. The Morgan fingerprint density at radius 3 is 2.80 bits per heavy atom. The number of rotatable bonds is 2. The van der Waals surface area contributed by atoms with Gasteiger partial charge in [-0.15, -0.1) is 0 Å². The summed E-state index contributed by atoms with van der Waals surface area (Å²) in [5.74, 6) is 1.83. The fourth-order valence-corrected chi connectivity index (χ4v) is 2.33. The Hall–Kier alpha value is -1.30. The Morgan fingerprint density at radius 1 is 1.40 bits per heavy atom. The van der Waals surface area contributed by atoms with Gasteiger partial charge >= 0.3 is 5.97 Å². The molecular formula is C9H11N3O2S. The maximum atomic E-state index is 10.7. The molecule has 0 bridgehead atoms. The summed E-state index contributed by atoms with van der Waals surface area (Å²) in [5.41, 5.74) is 0.0539. The van der Waals surface area contributed by atoms with Crippen LogP contribution >= 0.6 is 11.8 Å². The molecule has 1 saturated heterocycles. The SMILES string of the molecule is O=C(O)c1cc(N2CCSCC2)ncn1. The van der Waals surface area contributed by atoms with Gasteiger partial charge in [0.25, 0.3) is 0 Å². The monoisotopic (exact) mass is 225 g/mol. The number of anilines is 1. The van der Waals surface area contributed by atoms with Gasteiger partial charge in [-0.2, -0.15) is 11.8 Å². The summed E-state index contributed by atoms with van der Waals surface area (Å²) in [5, 5.41) is 8.79. The van der Waals surface area contributed by atoms with Crippen LogP contribution in [0.5, 0.6) is 0 Å². The molecule has 0 spiro atoms. The zero-order chi connectivity index (χ0) is 10.7. The van der Waals surface area contributed by atoms with Gasteiger partial charge in [0.05, 0.1) is 0 Å². The first-order valence-electron chi connectivity index (χ1n) is 4.65. The Morgan fingerprint density at radius 2 is 2.13 bits per heavy atom. The standard InChI is InChI=1S/C9H11N3O2S/c13-9(14)7-5-8(11-6-10-7)12-1-3-15-4-2-12/h5-6H,1-4H2,(H,13,14). The molecule has 1 aromatic rings. The summed E-state index contributed by atoms with van der Waals surface area (Å²) in [7, 11) is 0. The molecule has 1 N–H and O–H groups in total. The molecule has 0 radical (unpaired) electrons. The summed E-state index contributed by atoms with van der Waals surface area (Å²) in [6, 6.07) is 1.53. The van der Waals surface area contributed by atoms with Gasteiger partial charge in [-0.25, -0.2) is 14.8 Å². The zero-order valence-electron chi connectivity index (χ0n) is 8.09. The van der Waals surface area contributed by atoms with E-state index in [9.17, 15) is 4.79 Å². The lowest BCUT2D eigenvalue weighted by Crippen LogP contribution is -2.33. The fourth-order valence-electron chi connectivity index (χ4n) is 1.43. The van der Waals surface area contributed by atoms with E-state index in [4.69, 9.17) is 5.11 Å². The summed E-state index contributed by atoms with van der Waals surface area (Å²) in [4.78, 5) is 20.6. The molecule has 0 aromatic carbocycles. The quantitative estimate of drug-likeness (QED) is 0.800. The number of aromatic carboxylic acids is 1. The van der Waals surface area contributed by atoms with Gasteiger partial charge < -0.3 is 10.0 Å². The number of aromatic nitrogens is 2. The highest BCUT2D eigenvalue weighted by molar-refractivity contribution is 7.99. The molecule has 1 aliphatic rings. The number of nitrogens with zero attached hydrogens (tertiary/aromatic N) is 3. The largest absolute Gasteiger partial charge is 0.477 e. The van der Waals surface area contributed by atoms with Crippen LogP contribution in [-0.4, -0.2) is 45.6 Å². The van der Waals surface area contributed by atoms with Crippen molar-refractivity contribution in [2.24, 2.45) is 0 Å². The Labute approximate surface area is 91.5 Å². The normalized spacial score (nSPS) is 16.4. The van der Waals surface area contributed by atoms with E-state index in [2.05, 4.69) is 14.9 Å². The highest BCUT2D eigenvalue weighted by Gasteiger charge is 2.14. The highest BCUT2D eigenvalue weighted by Crippen LogP contribution is 2.16. The smallest absolute Gasteiger partial charge is 0.354 e. The molecule has 1 aromatic heterocycles. The first kappa shape index (κ1) is 10.2. The van der Waals surface area contributed by atoms with Crippen molar-refractivity contribution in [3.05, 3.63) is 18.1 Å². The Kier molecular flexibility index (Phi) is 3.05. The van der Waals surface area contributed by atoms with E-state index in [0.29, 0.717) is 5.82 Å². The van der Waals surface area contributed by atoms with Crippen LogP contribution in [0.4, 0.5) is 5.82 Å². The third-order valence-corrected chi connectivity index (χ3v) is 3.15. The van der Waals surface area contributed by atoms with Crippen LogP contribution in [0, 0.1) is 0 Å². The van der Waals surface area contributed by atoms with Crippen LogP contribution in [0.25, 0.3) is 0 Å². The summed E-state index contributed by atoms with van der Waals surface area (Å²) in [6.07, 6.45) is 1.31. The highest BCUT2D eigenvalue weighted by atomic mass is 32.2. The van der Waals surface area contributed by atoms with Crippen molar-refractivity contribution < 1.29 is 9.90 Å². The molecule has 6 heteroatoms. The molecule has 15 heavy (non-hydrogen) atoms. The van der Waals surface area contributed by atoms with E-state index in [0.717, 1.165) is 24.6 Å². The van der Waals surface area contributed by atoms with Crippen LogP contribution in [0.2, 0.25) is 0 Å². The van der Waals surface area contributed by atoms with Crippen molar-refractivity contribution in [2.45, 2.75) is 0 Å². The Bertz CT molecular complexity index is 366. The van der Waals surface area contributed by atoms with Crippen LogP contribution in [0.3, 0.4) is 0 Å². The van der Waals surface area contributed by atoms with Gasteiger partial charge in [0, 0.05) is 30.7 Å². The van der Waals surface area contributed by atoms with Crippen molar-refractivity contribution in [3.8, 4) is 0 Å². The lowest BCUT2D eigenvalue weighted by atomic mass is 10.3. The van der Waals surface area contributed by atoms with E-state index in [1.54, 1.807) is 0 Å². The number of hydrogen-bond acceptors (Lipinski definition) is 5. The molecule has 2 heterocycles. The molecule has 2 rings (SSSR count). The summed E-state index contributed by atoms with van der Waals surface area (Å²) >= 11 is 1.90. The average Bonchev–Trinajstić information content (AvgIpc) is 2.30. The minimum absolute atomic E-state index is 0.0539. The van der Waals surface area contributed by atoms with E-state index < -0.39 is 5.97 Å². The van der Waals surface area contributed by atoms with Gasteiger partial charge in [0.2, 0.25) is 0 Å². The third kappa shape index (κ3) is 2.38. The number of thioether (sulfide) groups is 1. The molecular weight excluding hydrogens is 214 g/mol. The Balaban J connectivity index is 2.19. The topological polar surface area (TPSA) is 66.3 Å². The summed E-state index contributed by atoms with van der Waals surface area (Å²) in [6.45, 7) is 1.83. The molecule has 1 fully saturated rings. The van der Waals surface area contributed by atoms with Gasteiger partial charge in [-0.05, 0) is 0 Å². The van der Waals surface area contributed by atoms with Crippen molar-refractivity contribution in [3.63, 3.8) is 0 Å². The van der Waals surface area contributed by atoms with Crippen LogP contribution < -0.4 is 4.90 Å². The van der Waals surface area contributed by atoms with Crippen molar-refractivity contribution in [1.29, 1.82) is 0 Å². The molecule has 1 aliphatic heterocycles. The van der Waals surface area contributed by atoms with Crippen LogP contribution in [0.1, 0.15) is 10.5 Å². The molecule has 0 aliphatic carbocycles. The minimum Gasteiger partial charge on any atom is -0.477 e. The van der Waals surface area contributed by atoms with E-state index >= 15 is 0 Å². The first-order valence-corrected chi connectivity index (χ1v) is 5.81. The van der Waals surface area contributed by atoms with E-state index in [-0.39, 0.29) is 5.69 Å². The van der Waals surface area contributed by atoms with Gasteiger partial charge in [-0.1, -0.05) is 0 Å². The average molecular weight is 225 g/mol. The molecule has 0 atom stereocenters. The van der Waals surface area contributed by atoms with Crippen molar-refractivity contribution in [1.82, 2.24) is 9.97 Å². The minimum atomic E-state index is -1.01.